The van der Waals surface area contributed by atoms with E-state index in [1.807, 2.05) is 26.1 Å². The molecule has 3 heterocycles. The number of hydrogen-bond donors (Lipinski definition) is 3. The second-order valence-corrected chi connectivity index (χ2v) is 10.6. The van der Waals surface area contributed by atoms with E-state index in [0.29, 0.717) is 23.9 Å². The van der Waals surface area contributed by atoms with Crippen LogP contribution in [0.15, 0.2) is 12.3 Å². The number of aromatic nitrogens is 4. The lowest BCUT2D eigenvalue weighted by atomic mass is 9.82. The molecule has 3 N–H and O–H groups in total. The molecule has 2 aliphatic rings. The van der Waals surface area contributed by atoms with Crippen LogP contribution < -0.4 is 10.6 Å². The van der Waals surface area contributed by atoms with Gasteiger partial charge in [0.15, 0.2) is 0 Å². The van der Waals surface area contributed by atoms with E-state index in [9.17, 15) is 5.11 Å². The number of aliphatic hydroxyl groups excluding tert-OH is 1. The molecule has 0 aromatic carbocycles. The van der Waals surface area contributed by atoms with Gasteiger partial charge in [-0.25, -0.2) is 9.97 Å². The number of aryl methyl sites for hydroxylation is 2. The number of rotatable bonds is 9. The molecule has 9 heteroatoms. The van der Waals surface area contributed by atoms with Gasteiger partial charge in [-0.2, -0.15) is 4.98 Å². The van der Waals surface area contributed by atoms with Crippen molar-refractivity contribution < 1.29 is 9.84 Å². The first-order valence-corrected chi connectivity index (χ1v) is 13.2. The molecule has 34 heavy (non-hydrogen) atoms. The van der Waals surface area contributed by atoms with Crippen LogP contribution in [0.25, 0.3) is 20.8 Å². The first-order valence-electron chi connectivity index (χ1n) is 12.4. The highest BCUT2D eigenvalue weighted by atomic mass is 32.1. The summed E-state index contributed by atoms with van der Waals surface area (Å²) >= 11 is 1.65. The average molecular weight is 483 g/mol. The highest BCUT2D eigenvalue weighted by molar-refractivity contribution is 7.21. The Kier molecular flexibility index (Phi) is 6.94. The Balaban J connectivity index is 1.41. The maximum Gasteiger partial charge on any atom is 0.224 e. The summed E-state index contributed by atoms with van der Waals surface area (Å²) in [7, 11) is 0. The monoisotopic (exact) mass is 482 g/mol. The van der Waals surface area contributed by atoms with Gasteiger partial charge in [0.05, 0.1) is 27.8 Å². The zero-order valence-corrected chi connectivity index (χ0v) is 21.0. The fraction of sp³-hybridized carbons (Fsp3) is 0.600. The lowest BCUT2D eigenvalue weighted by molar-refractivity contribution is -0.0205. The van der Waals surface area contributed by atoms with E-state index in [1.165, 1.54) is 0 Å². The quantitative estimate of drug-likeness (QED) is 0.407. The number of pyridine rings is 1. The van der Waals surface area contributed by atoms with Gasteiger partial charge in [-0.3, -0.25) is 4.98 Å². The molecule has 5 rings (SSSR count). The van der Waals surface area contributed by atoms with E-state index in [-0.39, 0.29) is 12.6 Å². The summed E-state index contributed by atoms with van der Waals surface area (Å²) in [5, 5.41) is 17.6. The van der Waals surface area contributed by atoms with Gasteiger partial charge in [-0.1, -0.05) is 0 Å². The van der Waals surface area contributed by atoms with Crippen molar-refractivity contribution >= 4 is 33.3 Å². The number of hydrogen-bond acceptors (Lipinski definition) is 9. The number of ether oxygens (including phenoxy) is 1. The molecule has 0 saturated heterocycles. The Morgan fingerprint density at radius 1 is 1.09 bits per heavy atom. The Morgan fingerprint density at radius 2 is 1.94 bits per heavy atom. The van der Waals surface area contributed by atoms with Crippen molar-refractivity contribution in [3.63, 3.8) is 0 Å². The van der Waals surface area contributed by atoms with Crippen LogP contribution >= 0.6 is 11.3 Å². The lowest BCUT2D eigenvalue weighted by Gasteiger charge is -2.35. The minimum Gasteiger partial charge on any atom is -0.396 e. The van der Waals surface area contributed by atoms with Crippen molar-refractivity contribution in [3.8, 4) is 10.6 Å². The first-order chi connectivity index (χ1) is 16.5. The van der Waals surface area contributed by atoms with Crippen LogP contribution in [0.2, 0.25) is 0 Å². The number of nitrogens with zero attached hydrogens (tertiary/aromatic N) is 4. The third-order valence-corrected chi connectivity index (χ3v) is 8.12. The Bertz CT molecular complexity index is 1150. The topological polar surface area (TPSA) is 105 Å². The summed E-state index contributed by atoms with van der Waals surface area (Å²) in [4.78, 5) is 19.1. The van der Waals surface area contributed by atoms with Gasteiger partial charge in [0.1, 0.15) is 16.3 Å². The lowest BCUT2D eigenvalue weighted by Crippen LogP contribution is -2.35. The zero-order valence-electron chi connectivity index (χ0n) is 20.2. The fourth-order valence-electron chi connectivity index (χ4n) is 5.12. The second kappa shape index (κ2) is 10.1. The third-order valence-electron chi connectivity index (χ3n) is 7.08. The normalized spacial score (nSPS) is 24.4. The van der Waals surface area contributed by atoms with Crippen molar-refractivity contribution in [3.05, 3.63) is 23.7 Å². The molecule has 2 saturated carbocycles. The van der Waals surface area contributed by atoms with Crippen molar-refractivity contribution in [2.24, 2.45) is 11.8 Å². The Labute approximate surface area is 204 Å². The van der Waals surface area contributed by atoms with Crippen LogP contribution in [-0.2, 0) is 4.74 Å². The minimum atomic E-state index is 0.245. The number of nitrogens with one attached hydrogen (secondary N) is 2. The third kappa shape index (κ3) is 4.87. The molecule has 0 aliphatic heterocycles. The van der Waals surface area contributed by atoms with Gasteiger partial charge in [0.25, 0.3) is 0 Å². The Morgan fingerprint density at radius 3 is 2.68 bits per heavy atom. The van der Waals surface area contributed by atoms with Crippen LogP contribution in [-0.4, -0.2) is 56.9 Å². The molecular formula is C25H34N6O2S. The van der Waals surface area contributed by atoms with Crippen LogP contribution in [0.1, 0.15) is 50.4 Å². The van der Waals surface area contributed by atoms with E-state index in [2.05, 4.69) is 22.5 Å². The van der Waals surface area contributed by atoms with Crippen molar-refractivity contribution in [2.45, 2.75) is 65.0 Å². The molecule has 3 aromatic heterocycles. The fourth-order valence-corrected chi connectivity index (χ4v) is 6.23. The summed E-state index contributed by atoms with van der Waals surface area (Å²) in [6.45, 7) is 7.95. The van der Waals surface area contributed by atoms with Crippen LogP contribution in [0.5, 0.6) is 0 Å². The molecule has 3 aromatic rings. The van der Waals surface area contributed by atoms with Crippen molar-refractivity contribution in [2.75, 3.05) is 30.4 Å². The summed E-state index contributed by atoms with van der Waals surface area (Å²) in [5.41, 5.74) is 3.73. The smallest absolute Gasteiger partial charge is 0.224 e. The highest BCUT2D eigenvalue weighted by Crippen LogP contribution is 2.38. The van der Waals surface area contributed by atoms with Crippen LogP contribution in [0.4, 0.5) is 11.8 Å². The second-order valence-electron chi connectivity index (χ2n) is 9.62. The molecule has 0 spiro atoms. The highest BCUT2D eigenvalue weighted by Gasteiger charge is 2.30. The van der Waals surface area contributed by atoms with Crippen LogP contribution in [0.3, 0.4) is 0 Å². The van der Waals surface area contributed by atoms with Gasteiger partial charge >= 0.3 is 0 Å². The van der Waals surface area contributed by atoms with Crippen molar-refractivity contribution in [1.82, 2.24) is 19.9 Å². The van der Waals surface area contributed by atoms with E-state index in [0.717, 1.165) is 83.2 Å². The van der Waals surface area contributed by atoms with Gasteiger partial charge in [-0.15, -0.1) is 11.3 Å². The first kappa shape index (κ1) is 23.4. The SMILES string of the molecule is CCOC1CC(CNc2nc(C)c(-c3nc4c(C)nccc4s3)c(NC3CCC(CO)C3)n2)C1. The van der Waals surface area contributed by atoms with Gasteiger partial charge in [-0.05, 0) is 70.8 Å². The number of aliphatic hydroxyl groups is 1. The van der Waals surface area contributed by atoms with E-state index in [4.69, 9.17) is 19.7 Å². The molecule has 2 fully saturated rings. The summed E-state index contributed by atoms with van der Waals surface area (Å²) in [6.07, 6.45) is 7.43. The maximum absolute atomic E-state index is 9.59. The predicted octanol–water partition coefficient (Wildman–Crippen LogP) is 4.57. The largest absolute Gasteiger partial charge is 0.396 e. The molecule has 0 amide bonds. The van der Waals surface area contributed by atoms with Crippen LogP contribution in [0, 0.1) is 25.7 Å². The molecule has 182 valence electrons. The molecule has 0 radical (unpaired) electrons. The summed E-state index contributed by atoms with van der Waals surface area (Å²) in [5.74, 6) is 2.43. The molecular weight excluding hydrogens is 448 g/mol. The minimum absolute atomic E-state index is 0.245. The molecule has 0 bridgehead atoms. The molecule has 2 atom stereocenters. The van der Waals surface area contributed by atoms with E-state index < -0.39 is 0 Å². The number of fused-ring (bicyclic) bond motifs is 1. The van der Waals surface area contributed by atoms with E-state index >= 15 is 0 Å². The summed E-state index contributed by atoms with van der Waals surface area (Å²) < 4.78 is 6.81. The zero-order chi connectivity index (χ0) is 23.7. The van der Waals surface area contributed by atoms with E-state index in [1.54, 1.807) is 11.3 Å². The summed E-state index contributed by atoms with van der Waals surface area (Å²) in [6, 6.07) is 2.30. The van der Waals surface area contributed by atoms with Gasteiger partial charge in [0, 0.05) is 32.0 Å². The standard InChI is InChI=1S/C25H34N6O2S/c1-4-33-19-10-17(11-19)12-27-25-28-14(2)21(23(31-25)29-18-6-5-16(9-18)13-32)24-30-22-15(3)26-8-7-20(22)34-24/h7-8,16-19,32H,4-6,9-13H2,1-3H3,(H2,27,28,29,31). The van der Waals surface area contributed by atoms with Gasteiger partial charge in [0.2, 0.25) is 5.95 Å². The predicted molar refractivity (Wildman–Crippen MR) is 136 cm³/mol. The number of anilines is 2. The maximum atomic E-state index is 9.59. The van der Waals surface area contributed by atoms with Crippen molar-refractivity contribution in [1.29, 1.82) is 0 Å². The average Bonchev–Trinajstić information content (AvgIpc) is 3.42. The number of thiazole rings is 1. The molecule has 2 unspecified atom stereocenters. The molecule has 2 aliphatic carbocycles. The molecule has 8 nitrogen and oxygen atoms in total. The Hall–Kier alpha value is -2.36. The van der Waals surface area contributed by atoms with Gasteiger partial charge < -0.3 is 20.5 Å².